The molecule has 2 aromatic carbocycles. The predicted octanol–water partition coefficient (Wildman–Crippen LogP) is 4.66. The molecule has 0 atom stereocenters. The number of hydrogen-bond donors (Lipinski definition) is 0. The Balaban J connectivity index is 1.95. The zero-order valence-corrected chi connectivity index (χ0v) is 13.0. The largest absolute Gasteiger partial charge is 0.293 e. The predicted molar refractivity (Wildman–Crippen MR) is 86.7 cm³/mol. The van der Waals surface area contributed by atoms with E-state index in [1.807, 2.05) is 6.07 Å². The van der Waals surface area contributed by atoms with Crippen molar-refractivity contribution < 1.29 is 4.79 Å². The van der Waals surface area contributed by atoms with Crippen LogP contribution in [0, 0.1) is 11.3 Å². The first-order valence-electron chi connectivity index (χ1n) is 6.86. The number of thioether (sulfide) groups is 1. The van der Waals surface area contributed by atoms with Crippen LogP contribution in [0.3, 0.4) is 0 Å². The van der Waals surface area contributed by atoms with Crippen LogP contribution in [0.1, 0.15) is 41.3 Å². The molecule has 0 amide bonds. The van der Waals surface area contributed by atoms with E-state index >= 15 is 0 Å². The van der Waals surface area contributed by atoms with Gasteiger partial charge in [0.2, 0.25) is 0 Å². The summed E-state index contributed by atoms with van der Waals surface area (Å²) in [7, 11) is 0. The Morgan fingerprint density at radius 1 is 1.10 bits per heavy atom. The number of carbonyl (C=O) groups is 1. The van der Waals surface area contributed by atoms with E-state index in [1.54, 1.807) is 24.3 Å². The number of hydrogen-bond acceptors (Lipinski definition) is 3. The maximum Gasteiger partial charge on any atom is 0.173 e. The lowest BCUT2D eigenvalue weighted by atomic mass is 10.0. The van der Waals surface area contributed by atoms with Gasteiger partial charge in [-0.05, 0) is 35.7 Å². The molecule has 0 saturated carbocycles. The van der Waals surface area contributed by atoms with Crippen LogP contribution in [0.25, 0.3) is 0 Å². The average Bonchev–Trinajstić information content (AvgIpc) is 2.53. The molecule has 0 fully saturated rings. The van der Waals surface area contributed by atoms with Crippen LogP contribution < -0.4 is 0 Å². The minimum Gasteiger partial charge on any atom is -0.293 e. The first kappa shape index (κ1) is 15.3. The zero-order valence-electron chi connectivity index (χ0n) is 12.2. The van der Waals surface area contributed by atoms with Crippen LogP contribution >= 0.6 is 11.8 Å². The van der Waals surface area contributed by atoms with E-state index in [0.717, 1.165) is 4.90 Å². The third-order valence-corrected chi connectivity index (χ3v) is 4.26. The van der Waals surface area contributed by atoms with Crippen LogP contribution in [0.2, 0.25) is 0 Å². The summed E-state index contributed by atoms with van der Waals surface area (Å²) in [5.74, 6) is 1.01. The summed E-state index contributed by atoms with van der Waals surface area (Å²) < 4.78 is 0. The van der Waals surface area contributed by atoms with Crippen LogP contribution in [0.4, 0.5) is 0 Å². The van der Waals surface area contributed by atoms with Crippen molar-refractivity contribution >= 4 is 17.5 Å². The zero-order chi connectivity index (χ0) is 15.2. The number of carbonyl (C=O) groups excluding carboxylic acids is 1. The summed E-state index contributed by atoms with van der Waals surface area (Å²) in [5.41, 5.74) is 2.53. The van der Waals surface area contributed by atoms with E-state index in [9.17, 15) is 4.79 Å². The van der Waals surface area contributed by atoms with Crippen molar-refractivity contribution in [3.63, 3.8) is 0 Å². The molecule has 0 aliphatic heterocycles. The molecule has 21 heavy (non-hydrogen) atoms. The van der Waals surface area contributed by atoms with Crippen molar-refractivity contribution in [1.82, 2.24) is 0 Å². The fraction of sp³-hybridized carbons (Fsp3) is 0.222. The van der Waals surface area contributed by atoms with E-state index in [-0.39, 0.29) is 5.78 Å². The molecular formula is C18H17NOS. The maximum atomic E-state index is 12.1. The standard InChI is InChI=1S/C18H17NOS/c1-13(2)15-7-9-17(10-8-15)21-12-18(20)16-5-3-14(11-19)4-6-16/h3-10,13H,12H2,1-2H3. The van der Waals surface area contributed by atoms with Crippen molar-refractivity contribution in [3.8, 4) is 6.07 Å². The molecule has 3 heteroatoms. The molecule has 0 saturated heterocycles. The monoisotopic (exact) mass is 295 g/mol. The molecule has 106 valence electrons. The van der Waals surface area contributed by atoms with Gasteiger partial charge in [-0.25, -0.2) is 0 Å². The summed E-state index contributed by atoms with van der Waals surface area (Å²) in [4.78, 5) is 13.2. The Bertz CT molecular complexity index is 651. The van der Waals surface area contributed by atoms with Crippen molar-refractivity contribution in [1.29, 1.82) is 5.26 Å². The summed E-state index contributed by atoms with van der Waals surface area (Å²) >= 11 is 1.54. The first-order chi connectivity index (χ1) is 10.1. The molecule has 0 radical (unpaired) electrons. The van der Waals surface area contributed by atoms with Gasteiger partial charge in [0.1, 0.15) is 0 Å². The molecule has 0 bridgehead atoms. The molecule has 0 aliphatic carbocycles. The number of Topliss-reactive ketones (excluding diaryl/α,β-unsaturated/α-hetero) is 1. The van der Waals surface area contributed by atoms with E-state index < -0.39 is 0 Å². The highest BCUT2D eigenvalue weighted by Crippen LogP contribution is 2.22. The quantitative estimate of drug-likeness (QED) is 0.595. The number of ketones is 1. The molecule has 2 aromatic rings. The fourth-order valence-corrected chi connectivity index (χ4v) is 2.70. The lowest BCUT2D eigenvalue weighted by molar-refractivity contribution is 0.102. The lowest BCUT2D eigenvalue weighted by Gasteiger charge is -2.06. The van der Waals surface area contributed by atoms with Gasteiger partial charge in [-0.15, -0.1) is 11.8 Å². The van der Waals surface area contributed by atoms with Gasteiger partial charge in [-0.1, -0.05) is 38.1 Å². The van der Waals surface area contributed by atoms with Gasteiger partial charge in [0.05, 0.1) is 17.4 Å². The van der Waals surface area contributed by atoms with Crippen molar-refractivity contribution in [2.75, 3.05) is 5.75 Å². The molecule has 2 nitrogen and oxygen atoms in total. The Labute approximate surface area is 129 Å². The molecular weight excluding hydrogens is 278 g/mol. The number of nitrogens with zero attached hydrogens (tertiary/aromatic N) is 1. The molecule has 2 rings (SSSR count). The van der Waals surface area contributed by atoms with E-state index in [2.05, 4.69) is 38.1 Å². The van der Waals surface area contributed by atoms with Crippen LogP contribution in [-0.4, -0.2) is 11.5 Å². The number of nitriles is 1. The van der Waals surface area contributed by atoms with Gasteiger partial charge in [-0.3, -0.25) is 4.79 Å². The Morgan fingerprint density at radius 2 is 1.71 bits per heavy atom. The molecule has 0 N–H and O–H groups in total. The SMILES string of the molecule is CC(C)c1ccc(SCC(=O)c2ccc(C#N)cc2)cc1. The average molecular weight is 295 g/mol. The third kappa shape index (κ3) is 4.21. The van der Waals surface area contributed by atoms with Crippen LogP contribution in [0.5, 0.6) is 0 Å². The number of benzene rings is 2. The van der Waals surface area contributed by atoms with Gasteiger partial charge in [0.15, 0.2) is 5.78 Å². The summed E-state index contributed by atoms with van der Waals surface area (Å²) in [5, 5.41) is 8.74. The molecule has 0 aromatic heterocycles. The maximum absolute atomic E-state index is 12.1. The van der Waals surface area contributed by atoms with Gasteiger partial charge >= 0.3 is 0 Å². The van der Waals surface area contributed by atoms with Crippen molar-refractivity contribution in [3.05, 3.63) is 65.2 Å². The second-order valence-corrected chi connectivity index (χ2v) is 6.17. The van der Waals surface area contributed by atoms with Crippen LogP contribution in [0.15, 0.2) is 53.4 Å². The summed E-state index contributed by atoms with van der Waals surface area (Å²) in [6.45, 7) is 4.33. The van der Waals surface area contributed by atoms with Gasteiger partial charge in [-0.2, -0.15) is 5.26 Å². The van der Waals surface area contributed by atoms with Crippen molar-refractivity contribution in [2.24, 2.45) is 0 Å². The topological polar surface area (TPSA) is 40.9 Å². The Kier molecular flexibility index (Phi) is 5.19. The molecule has 0 spiro atoms. The third-order valence-electron chi connectivity index (χ3n) is 3.25. The second kappa shape index (κ2) is 7.10. The Hall–Kier alpha value is -2.05. The molecule has 0 unspecified atom stereocenters. The summed E-state index contributed by atoms with van der Waals surface area (Å²) in [6.07, 6.45) is 0. The van der Waals surface area contributed by atoms with E-state index in [0.29, 0.717) is 22.8 Å². The van der Waals surface area contributed by atoms with Gasteiger partial charge < -0.3 is 0 Å². The first-order valence-corrected chi connectivity index (χ1v) is 7.85. The van der Waals surface area contributed by atoms with Gasteiger partial charge in [0.25, 0.3) is 0 Å². The molecule has 0 heterocycles. The highest BCUT2D eigenvalue weighted by atomic mass is 32.2. The fourth-order valence-electron chi connectivity index (χ4n) is 1.91. The lowest BCUT2D eigenvalue weighted by Crippen LogP contribution is -2.02. The highest BCUT2D eigenvalue weighted by Gasteiger charge is 2.07. The smallest absolute Gasteiger partial charge is 0.173 e. The van der Waals surface area contributed by atoms with E-state index in [4.69, 9.17) is 5.26 Å². The normalized spacial score (nSPS) is 10.4. The van der Waals surface area contributed by atoms with Crippen molar-refractivity contribution in [2.45, 2.75) is 24.7 Å². The minimum absolute atomic E-state index is 0.0809. The van der Waals surface area contributed by atoms with E-state index in [1.165, 1.54) is 17.3 Å². The Morgan fingerprint density at radius 3 is 2.24 bits per heavy atom. The highest BCUT2D eigenvalue weighted by molar-refractivity contribution is 8.00. The van der Waals surface area contributed by atoms with Gasteiger partial charge in [0, 0.05) is 10.5 Å². The second-order valence-electron chi connectivity index (χ2n) is 5.12. The van der Waals surface area contributed by atoms with Crippen LogP contribution in [-0.2, 0) is 0 Å². The number of rotatable bonds is 5. The minimum atomic E-state index is 0.0809. The summed E-state index contributed by atoms with van der Waals surface area (Å²) in [6, 6.07) is 17.2. The molecule has 0 aliphatic rings.